The molecule has 1 atom stereocenters. The molecule has 3 aromatic rings. The van der Waals surface area contributed by atoms with Gasteiger partial charge in [0.25, 0.3) is 0 Å². The first-order valence-corrected chi connectivity index (χ1v) is 9.55. The third kappa shape index (κ3) is 4.17. The number of amides is 1. The van der Waals surface area contributed by atoms with Crippen LogP contribution in [-0.4, -0.2) is 35.2 Å². The second-order valence-corrected chi connectivity index (χ2v) is 7.35. The lowest BCUT2D eigenvalue weighted by molar-refractivity contribution is -0.121. The summed E-state index contributed by atoms with van der Waals surface area (Å²) in [5, 5.41) is 11.1. The van der Waals surface area contributed by atoms with E-state index in [1.165, 1.54) is 6.07 Å². The van der Waals surface area contributed by atoms with Gasteiger partial charge in [-0.05, 0) is 35.7 Å². The highest BCUT2D eigenvalue weighted by molar-refractivity contribution is 6.30. The first kappa shape index (κ1) is 18.5. The number of anilines is 1. The molecule has 1 aromatic heterocycles. The van der Waals surface area contributed by atoms with Gasteiger partial charge in [-0.1, -0.05) is 41.9 Å². The molecule has 2 heterocycles. The highest BCUT2D eigenvalue weighted by Crippen LogP contribution is 2.25. The van der Waals surface area contributed by atoms with Crippen LogP contribution < -0.4 is 10.2 Å². The van der Waals surface area contributed by atoms with Crippen molar-refractivity contribution in [3.8, 4) is 11.3 Å². The molecular weight excluding hydrogens is 379 g/mol. The number of benzene rings is 2. The molecule has 7 heteroatoms. The average Bonchev–Trinajstić information content (AvgIpc) is 3.34. The number of halogens is 2. The molecule has 144 valence electrons. The van der Waals surface area contributed by atoms with Crippen molar-refractivity contribution in [3.05, 3.63) is 71.0 Å². The van der Waals surface area contributed by atoms with Gasteiger partial charge in [-0.25, -0.2) is 4.39 Å². The molecule has 1 unspecified atom stereocenters. The molecule has 4 rings (SSSR count). The Bertz CT molecular complexity index is 973. The number of hydrogen-bond acceptors (Lipinski definition) is 3. The summed E-state index contributed by atoms with van der Waals surface area (Å²) in [5.74, 6) is 0.327. The molecule has 1 aliphatic rings. The van der Waals surface area contributed by atoms with Crippen LogP contribution >= 0.6 is 11.6 Å². The number of carbonyl (C=O) groups excluding carboxylic acids is 1. The minimum Gasteiger partial charge on any atom is -0.353 e. The first-order valence-electron chi connectivity index (χ1n) is 9.17. The predicted octanol–water partition coefficient (Wildman–Crippen LogP) is 3.81. The van der Waals surface area contributed by atoms with Crippen LogP contribution in [0.5, 0.6) is 0 Å². The molecule has 0 radical (unpaired) electrons. The van der Waals surface area contributed by atoms with Crippen molar-refractivity contribution in [1.82, 2.24) is 15.5 Å². The lowest BCUT2D eigenvalue weighted by Gasteiger charge is -2.16. The summed E-state index contributed by atoms with van der Waals surface area (Å²) in [7, 11) is 0. The smallest absolute Gasteiger partial charge is 0.224 e. The Morgan fingerprint density at radius 1 is 1.25 bits per heavy atom. The molecule has 5 nitrogen and oxygen atoms in total. The molecule has 1 amide bonds. The standard InChI is InChI=1S/C21H20ClFN4O/c22-16-7-5-14(6-8-16)19-12-20(26-25-19)27-10-9-17(13-27)24-21(28)11-15-3-1-2-4-18(15)23/h1-8,12,17H,9-11,13H2,(H,24,28)(H,25,26). The Hall–Kier alpha value is -2.86. The van der Waals surface area contributed by atoms with Crippen LogP contribution in [0.1, 0.15) is 12.0 Å². The van der Waals surface area contributed by atoms with E-state index in [0.29, 0.717) is 17.1 Å². The normalized spacial score (nSPS) is 16.4. The molecule has 0 aliphatic carbocycles. The third-order valence-electron chi connectivity index (χ3n) is 4.91. The van der Waals surface area contributed by atoms with Crippen molar-refractivity contribution in [2.24, 2.45) is 0 Å². The van der Waals surface area contributed by atoms with Crippen LogP contribution in [0, 0.1) is 5.82 Å². The Morgan fingerprint density at radius 2 is 2.04 bits per heavy atom. The predicted molar refractivity (Wildman–Crippen MR) is 108 cm³/mol. The van der Waals surface area contributed by atoms with E-state index >= 15 is 0 Å². The second-order valence-electron chi connectivity index (χ2n) is 6.91. The molecule has 28 heavy (non-hydrogen) atoms. The quantitative estimate of drug-likeness (QED) is 0.687. The zero-order valence-corrected chi connectivity index (χ0v) is 15.9. The average molecular weight is 399 g/mol. The van der Waals surface area contributed by atoms with Crippen molar-refractivity contribution >= 4 is 23.3 Å². The van der Waals surface area contributed by atoms with E-state index in [4.69, 9.17) is 11.6 Å². The van der Waals surface area contributed by atoms with Gasteiger partial charge in [0.15, 0.2) is 5.82 Å². The molecular formula is C21H20ClFN4O. The summed E-state index contributed by atoms with van der Waals surface area (Å²) in [6, 6.07) is 15.9. The van der Waals surface area contributed by atoms with Crippen LogP contribution in [0.4, 0.5) is 10.2 Å². The fraction of sp³-hybridized carbons (Fsp3) is 0.238. The fourth-order valence-electron chi connectivity index (χ4n) is 3.43. The van der Waals surface area contributed by atoms with Crippen LogP contribution in [-0.2, 0) is 11.2 Å². The Labute approximate surface area is 167 Å². The van der Waals surface area contributed by atoms with Crippen LogP contribution in [0.2, 0.25) is 5.02 Å². The molecule has 2 aromatic carbocycles. The van der Waals surface area contributed by atoms with Crippen molar-refractivity contribution in [2.45, 2.75) is 18.9 Å². The summed E-state index contributed by atoms with van der Waals surface area (Å²) in [4.78, 5) is 14.4. The Morgan fingerprint density at radius 3 is 2.82 bits per heavy atom. The van der Waals surface area contributed by atoms with Crippen molar-refractivity contribution < 1.29 is 9.18 Å². The van der Waals surface area contributed by atoms with E-state index in [-0.39, 0.29) is 24.2 Å². The minimum atomic E-state index is -0.350. The van der Waals surface area contributed by atoms with Gasteiger partial charge in [0, 0.05) is 30.2 Å². The maximum absolute atomic E-state index is 13.7. The molecule has 1 aliphatic heterocycles. The maximum Gasteiger partial charge on any atom is 0.224 e. The number of carbonyl (C=O) groups is 1. The highest BCUT2D eigenvalue weighted by atomic mass is 35.5. The SMILES string of the molecule is O=C(Cc1ccccc1F)NC1CCN(c2cc(-c3ccc(Cl)cc3)[nH]n2)C1. The maximum atomic E-state index is 13.7. The van der Waals surface area contributed by atoms with E-state index < -0.39 is 0 Å². The summed E-state index contributed by atoms with van der Waals surface area (Å²) in [6.45, 7) is 1.48. The molecule has 2 N–H and O–H groups in total. The van der Waals surface area contributed by atoms with Gasteiger partial charge in [0.05, 0.1) is 12.1 Å². The zero-order chi connectivity index (χ0) is 19.5. The highest BCUT2D eigenvalue weighted by Gasteiger charge is 2.26. The van der Waals surface area contributed by atoms with Gasteiger partial charge in [-0.15, -0.1) is 0 Å². The van der Waals surface area contributed by atoms with Gasteiger partial charge < -0.3 is 10.2 Å². The van der Waals surface area contributed by atoms with Crippen molar-refractivity contribution in [1.29, 1.82) is 0 Å². The molecule has 1 fully saturated rings. The molecule has 0 saturated carbocycles. The topological polar surface area (TPSA) is 61.0 Å². The third-order valence-corrected chi connectivity index (χ3v) is 5.16. The number of H-pyrrole nitrogens is 1. The number of aromatic nitrogens is 2. The summed E-state index contributed by atoms with van der Waals surface area (Å²) in [5.41, 5.74) is 2.34. The summed E-state index contributed by atoms with van der Waals surface area (Å²) < 4.78 is 13.7. The Kier molecular flexibility index (Phi) is 5.30. The fourth-order valence-corrected chi connectivity index (χ4v) is 3.56. The number of hydrogen-bond donors (Lipinski definition) is 2. The van der Waals surface area contributed by atoms with Crippen LogP contribution in [0.3, 0.4) is 0 Å². The molecule has 1 saturated heterocycles. The lowest BCUT2D eigenvalue weighted by atomic mass is 10.1. The number of aromatic amines is 1. The van der Waals surface area contributed by atoms with E-state index in [2.05, 4.69) is 20.4 Å². The van der Waals surface area contributed by atoms with Gasteiger partial charge >= 0.3 is 0 Å². The first-order chi connectivity index (χ1) is 13.6. The summed E-state index contributed by atoms with van der Waals surface area (Å²) >= 11 is 5.94. The van der Waals surface area contributed by atoms with Crippen LogP contribution in [0.25, 0.3) is 11.3 Å². The van der Waals surface area contributed by atoms with Gasteiger partial charge in [-0.3, -0.25) is 9.89 Å². The monoisotopic (exact) mass is 398 g/mol. The molecule has 0 spiro atoms. The van der Waals surface area contributed by atoms with Crippen molar-refractivity contribution in [2.75, 3.05) is 18.0 Å². The lowest BCUT2D eigenvalue weighted by Crippen LogP contribution is -2.38. The zero-order valence-electron chi connectivity index (χ0n) is 15.2. The van der Waals surface area contributed by atoms with Crippen molar-refractivity contribution in [3.63, 3.8) is 0 Å². The van der Waals surface area contributed by atoms with E-state index in [1.54, 1.807) is 18.2 Å². The number of nitrogens with one attached hydrogen (secondary N) is 2. The Balaban J connectivity index is 1.35. The van der Waals surface area contributed by atoms with Crippen LogP contribution in [0.15, 0.2) is 54.6 Å². The second kappa shape index (κ2) is 8.02. The summed E-state index contributed by atoms with van der Waals surface area (Å²) in [6.07, 6.45) is 0.873. The van der Waals surface area contributed by atoms with E-state index in [9.17, 15) is 9.18 Å². The number of nitrogens with zero attached hydrogens (tertiary/aromatic N) is 2. The van der Waals surface area contributed by atoms with Gasteiger partial charge in [0.1, 0.15) is 5.82 Å². The van der Waals surface area contributed by atoms with E-state index in [0.717, 1.165) is 30.0 Å². The van der Waals surface area contributed by atoms with Gasteiger partial charge in [0.2, 0.25) is 5.91 Å². The minimum absolute atomic E-state index is 0.0231. The largest absolute Gasteiger partial charge is 0.353 e. The van der Waals surface area contributed by atoms with Gasteiger partial charge in [-0.2, -0.15) is 5.10 Å². The number of rotatable bonds is 5. The van der Waals surface area contributed by atoms with E-state index in [1.807, 2.05) is 30.3 Å². The molecule has 0 bridgehead atoms.